The molecule has 14 heavy (non-hydrogen) atoms. The second-order valence-electron chi connectivity index (χ2n) is 7.06. The molecule has 0 unspecified atom stereocenters. The topological polar surface area (TPSA) is 9.23 Å². The summed E-state index contributed by atoms with van der Waals surface area (Å²) in [5.41, 5.74) is 0. The number of rotatable bonds is 0. The molecule has 0 bridgehead atoms. The Balaban J connectivity index is 3.13. The van der Waals surface area contributed by atoms with Crippen LogP contribution < -0.4 is 0 Å². The molecule has 5 heteroatoms. The van der Waals surface area contributed by atoms with Crippen molar-refractivity contribution in [2.45, 2.75) is 57.8 Å². The van der Waals surface area contributed by atoms with E-state index in [1.54, 1.807) is 0 Å². The first-order valence-electron chi connectivity index (χ1n) is 5.62. The summed E-state index contributed by atoms with van der Waals surface area (Å²) in [4.78, 5) is 0. The molecule has 0 saturated carbocycles. The van der Waals surface area contributed by atoms with Gasteiger partial charge >= 0.3 is 0 Å². The molecule has 0 aromatic heterocycles. The van der Waals surface area contributed by atoms with Crippen LogP contribution in [0.3, 0.4) is 0 Å². The Kier molecular flexibility index (Phi) is 2.91. The van der Waals surface area contributed by atoms with Gasteiger partial charge in [-0.05, 0) is 30.8 Å². The van der Waals surface area contributed by atoms with Crippen molar-refractivity contribution in [1.29, 1.82) is 0 Å². The SMILES string of the molecule is CC1(C)[SiH2][Si](C)(C)O[Si](C)(C)[Si]1(C)C. The van der Waals surface area contributed by atoms with Crippen LogP contribution in [0.25, 0.3) is 0 Å². The first kappa shape index (κ1) is 12.9. The average molecular weight is 263 g/mol. The molecule has 0 radical (unpaired) electrons. The summed E-state index contributed by atoms with van der Waals surface area (Å²) < 4.78 is 7.33. The summed E-state index contributed by atoms with van der Waals surface area (Å²) in [6.07, 6.45) is 0. The van der Waals surface area contributed by atoms with Crippen LogP contribution in [0.5, 0.6) is 0 Å². The van der Waals surface area contributed by atoms with E-state index in [9.17, 15) is 0 Å². The highest BCUT2D eigenvalue weighted by Gasteiger charge is 2.59. The van der Waals surface area contributed by atoms with E-state index in [1.807, 2.05) is 0 Å². The molecule has 0 aromatic rings. The van der Waals surface area contributed by atoms with Gasteiger partial charge in [0.2, 0.25) is 0 Å². The third kappa shape index (κ3) is 1.89. The van der Waals surface area contributed by atoms with Crippen LogP contribution in [-0.4, -0.2) is 32.3 Å². The molecule has 0 N–H and O–H groups in total. The zero-order chi connectivity index (χ0) is 11.4. The molecule has 0 spiro atoms. The Morgan fingerprint density at radius 3 is 1.71 bits per heavy atom. The predicted molar refractivity (Wildman–Crippen MR) is 76.1 cm³/mol. The fourth-order valence-electron chi connectivity index (χ4n) is 2.95. The van der Waals surface area contributed by atoms with E-state index < -0.39 is 23.3 Å². The standard InChI is InChI=1S/C9H26OSi4/c1-9(2)11-13(5,6)10-14(7,8)12(9,3)4/h11H2,1-8H3. The Hall–Kier alpha value is 0.828. The lowest BCUT2D eigenvalue weighted by Gasteiger charge is -2.58. The van der Waals surface area contributed by atoms with Gasteiger partial charge in [0.1, 0.15) is 0 Å². The van der Waals surface area contributed by atoms with Gasteiger partial charge in [0.25, 0.3) is 0 Å². The van der Waals surface area contributed by atoms with Crippen molar-refractivity contribution >= 4 is 32.3 Å². The smallest absolute Gasteiger partial charge is 0.160 e. The van der Waals surface area contributed by atoms with E-state index in [2.05, 4.69) is 53.1 Å². The van der Waals surface area contributed by atoms with Crippen LogP contribution in [0.15, 0.2) is 0 Å². The highest BCUT2D eigenvalue weighted by molar-refractivity contribution is 7.49. The van der Waals surface area contributed by atoms with E-state index >= 15 is 0 Å². The van der Waals surface area contributed by atoms with Crippen molar-refractivity contribution in [3.8, 4) is 0 Å². The van der Waals surface area contributed by atoms with E-state index in [1.165, 1.54) is 0 Å². The van der Waals surface area contributed by atoms with Gasteiger partial charge in [-0.25, -0.2) is 0 Å². The maximum Gasteiger partial charge on any atom is 0.160 e. The zero-order valence-electron chi connectivity index (χ0n) is 11.1. The monoisotopic (exact) mass is 262 g/mol. The van der Waals surface area contributed by atoms with Gasteiger partial charge < -0.3 is 4.12 Å². The molecule has 1 aliphatic heterocycles. The maximum atomic E-state index is 6.61. The van der Waals surface area contributed by atoms with Crippen molar-refractivity contribution in [1.82, 2.24) is 0 Å². The molecule has 1 saturated heterocycles. The largest absolute Gasteiger partial charge is 0.460 e. The van der Waals surface area contributed by atoms with Crippen molar-refractivity contribution in [2.24, 2.45) is 0 Å². The quantitative estimate of drug-likeness (QED) is 0.610. The Morgan fingerprint density at radius 2 is 1.36 bits per heavy atom. The van der Waals surface area contributed by atoms with Gasteiger partial charge in [-0.1, -0.05) is 26.9 Å². The van der Waals surface area contributed by atoms with Crippen LogP contribution in [0.2, 0.25) is 43.9 Å². The van der Waals surface area contributed by atoms with Crippen LogP contribution in [0, 0.1) is 0 Å². The van der Waals surface area contributed by atoms with Gasteiger partial charge in [-0.15, -0.1) is 0 Å². The zero-order valence-corrected chi connectivity index (χ0v) is 15.5. The summed E-state index contributed by atoms with van der Waals surface area (Å²) in [7, 11) is -3.69. The molecular formula is C9H26OSi4. The van der Waals surface area contributed by atoms with Gasteiger partial charge in [0.15, 0.2) is 15.7 Å². The Morgan fingerprint density at radius 1 is 0.929 bits per heavy atom. The lowest BCUT2D eigenvalue weighted by atomic mass is 10.5. The molecule has 84 valence electrons. The molecule has 0 aliphatic carbocycles. The molecular weight excluding hydrogens is 236 g/mol. The first-order valence-corrected chi connectivity index (χ1v) is 18.5. The summed E-state index contributed by atoms with van der Waals surface area (Å²) in [5, 5.41) is 0. The molecule has 1 aliphatic rings. The van der Waals surface area contributed by atoms with Gasteiger partial charge in [-0.2, -0.15) is 0 Å². The van der Waals surface area contributed by atoms with Crippen molar-refractivity contribution < 1.29 is 4.12 Å². The summed E-state index contributed by atoms with van der Waals surface area (Å²) in [5.74, 6) is 0. The molecule has 0 aromatic carbocycles. The molecule has 1 fully saturated rings. The summed E-state index contributed by atoms with van der Waals surface area (Å²) in [6.45, 7) is 20.1. The average Bonchev–Trinajstić information content (AvgIpc) is 1.77. The van der Waals surface area contributed by atoms with E-state index in [0.29, 0.717) is 0 Å². The molecule has 0 amide bonds. The third-order valence-corrected chi connectivity index (χ3v) is 40.8. The summed E-state index contributed by atoms with van der Waals surface area (Å²) >= 11 is 0. The van der Waals surface area contributed by atoms with Crippen LogP contribution in [-0.2, 0) is 4.12 Å². The van der Waals surface area contributed by atoms with Crippen LogP contribution in [0.1, 0.15) is 13.8 Å². The predicted octanol–water partition coefficient (Wildman–Crippen LogP) is 2.62. The second-order valence-corrected chi connectivity index (χ2v) is 35.4. The second kappa shape index (κ2) is 3.16. The maximum absolute atomic E-state index is 6.61. The lowest BCUT2D eigenvalue weighted by molar-refractivity contribution is 0.572. The Labute approximate surface area is 94.3 Å². The van der Waals surface area contributed by atoms with Crippen molar-refractivity contribution in [2.75, 3.05) is 0 Å². The number of hydrogen-bond donors (Lipinski definition) is 0. The summed E-state index contributed by atoms with van der Waals surface area (Å²) in [6, 6.07) is 0. The molecule has 1 heterocycles. The van der Waals surface area contributed by atoms with E-state index in [-0.39, 0.29) is 9.04 Å². The van der Waals surface area contributed by atoms with Gasteiger partial charge in [-0.3, -0.25) is 0 Å². The molecule has 1 rings (SSSR count). The Bertz CT molecular complexity index is 223. The molecule has 1 nitrogen and oxygen atoms in total. The fourth-order valence-corrected chi connectivity index (χ4v) is 50.6. The van der Waals surface area contributed by atoms with E-state index in [0.717, 1.165) is 4.66 Å². The minimum Gasteiger partial charge on any atom is -0.460 e. The first-order chi connectivity index (χ1) is 5.91. The minimum absolute atomic E-state index is 0.00448. The molecule has 0 atom stereocenters. The number of hydrogen-bond acceptors (Lipinski definition) is 1. The third-order valence-electron chi connectivity index (χ3n) is 4.60. The van der Waals surface area contributed by atoms with Gasteiger partial charge in [0.05, 0.1) is 7.59 Å². The minimum atomic E-state index is -1.35. The van der Waals surface area contributed by atoms with E-state index in [4.69, 9.17) is 4.12 Å². The normalized spacial score (nSPS) is 34.3. The van der Waals surface area contributed by atoms with Crippen LogP contribution >= 0.6 is 0 Å². The lowest BCUT2D eigenvalue weighted by Crippen LogP contribution is -2.74. The van der Waals surface area contributed by atoms with Crippen molar-refractivity contribution in [3.05, 3.63) is 0 Å². The van der Waals surface area contributed by atoms with Gasteiger partial charge in [0, 0.05) is 9.04 Å². The van der Waals surface area contributed by atoms with Crippen molar-refractivity contribution in [3.63, 3.8) is 0 Å². The highest BCUT2D eigenvalue weighted by Crippen LogP contribution is 2.47. The highest BCUT2D eigenvalue weighted by atomic mass is 29.3. The fraction of sp³-hybridized carbons (Fsp3) is 1.00. The van der Waals surface area contributed by atoms with Crippen LogP contribution in [0.4, 0.5) is 0 Å².